The molecule has 9 heteroatoms. The predicted octanol–water partition coefficient (Wildman–Crippen LogP) is 3.62. The highest BCUT2D eigenvalue weighted by atomic mass is 32.2. The van der Waals surface area contributed by atoms with Gasteiger partial charge in [0.15, 0.2) is 0 Å². The van der Waals surface area contributed by atoms with Crippen molar-refractivity contribution in [2.45, 2.75) is 51.7 Å². The van der Waals surface area contributed by atoms with Gasteiger partial charge in [-0.25, -0.2) is 18.0 Å². The number of hydrogen-bond donors (Lipinski definition) is 2. The second-order valence-corrected chi connectivity index (χ2v) is 11.6. The number of sulfonamides is 1. The molecule has 2 aromatic carbocycles. The van der Waals surface area contributed by atoms with Crippen molar-refractivity contribution in [1.29, 1.82) is 0 Å². The number of unbranched alkanes of at least 4 members (excludes halogenated alkanes) is 1. The molecule has 0 atom stereocenters. The number of carbonyl (C=O) groups is 3. The zero-order chi connectivity index (χ0) is 24.4. The largest absolute Gasteiger partial charge is 0.326 e. The van der Waals surface area contributed by atoms with Crippen LogP contribution in [0.15, 0.2) is 42.5 Å². The second kappa shape index (κ2) is 9.44. The molecule has 0 bridgehead atoms. The maximum Gasteiger partial charge on any atom is 0.266 e. The Balaban J connectivity index is 1.56. The number of nitrogens with one attached hydrogen (secondary N) is 2. The lowest BCUT2D eigenvalue weighted by Gasteiger charge is -2.19. The van der Waals surface area contributed by atoms with Crippen molar-refractivity contribution in [3.63, 3.8) is 0 Å². The van der Waals surface area contributed by atoms with Gasteiger partial charge in [0.25, 0.3) is 11.8 Å². The summed E-state index contributed by atoms with van der Waals surface area (Å²) >= 11 is 0. The molecule has 0 aromatic heterocycles. The summed E-state index contributed by atoms with van der Waals surface area (Å²) in [5.41, 5.74) is 2.49. The fourth-order valence-corrected chi connectivity index (χ4v) is 4.15. The predicted molar refractivity (Wildman–Crippen MR) is 128 cm³/mol. The Morgan fingerprint density at radius 2 is 1.58 bits per heavy atom. The molecule has 2 aromatic rings. The van der Waals surface area contributed by atoms with Crippen LogP contribution in [0.3, 0.4) is 0 Å². The standard InChI is InChI=1S/C24H29N3O5S/c1-16-8-11-18(12-9-16)27-22(29)19-13-10-17(15-20(19)23(27)30)26-21(28)7-5-6-14-25-33(31,32)24(2,3)4/h8-13,15,25H,5-7,14H2,1-4H3,(H,26,28). The van der Waals surface area contributed by atoms with Crippen molar-refractivity contribution in [1.82, 2.24) is 4.72 Å². The zero-order valence-electron chi connectivity index (χ0n) is 19.3. The zero-order valence-corrected chi connectivity index (χ0v) is 20.1. The van der Waals surface area contributed by atoms with Crippen LogP contribution in [-0.2, 0) is 14.8 Å². The molecule has 8 nitrogen and oxygen atoms in total. The number of nitrogens with zero attached hydrogens (tertiary/aromatic N) is 1. The van der Waals surface area contributed by atoms with E-state index in [0.717, 1.165) is 10.5 Å². The van der Waals surface area contributed by atoms with Crippen LogP contribution in [-0.4, -0.2) is 37.4 Å². The van der Waals surface area contributed by atoms with Crippen molar-refractivity contribution >= 4 is 39.1 Å². The Morgan fingerprint density at radius 1 is 0.939 bits per heavy atom. The van der Waals surface area contributed by atoms with Gasteiger partial charge in [-0.1, -0.05) is 17.7 Å². The van der Waals surface area contributed by atoms with Crippen LogP contribution in [0, 0.1) is 6.92 Å². The summed E-state index contributed by atoms with van der Waals surface area (Å²) in [5.74, 6) is -1.07. The minimum Gasteiger partial charge on any atom is -0.326 e. The Labute approximate surface area is 194 Å². The van der Waals surface area contributed by atoms with Crippen LogP contribution in [0.2, 0.25) is 0 Å². The highest BCUT2D eigenvalue weighted by molar-refractivity contribution is 7.90. The highest BCUT2D eigenvalue weighted by Gasteiger charge is 2.36. The van der Waals surface area contributed by atoms with Crippen molar-refractivity contribution in [3.05, 3.63) is 59.2 Å². The Morgan fingerprint density at radius 3 is 2.21 bits per heavy atom. The number of imide groups is 1. The van der Waals surface area contributed by atoms with Crippen LogP contribution in [0.5, 0.6) is 0 Å². The minimum atomic E-state index is -3.40. The summed E-state index contributed by atoms with van der Waals surface area (Å²) in [6, 6.07) is 11.8. The van der Waals surface area contributed by atoms with E-state index in [2.05, 4.69) is 10.0 Å². The van der Waals surface area contributed by atoms with Crippen LogP contribution < -0.4 is 14.9 Å². The van der Waals surface area contributed by atoms with Gasteiger partial charge in [0.2, 0.25) is 15.9 Å². The first-order valence-electron chi connectivity index (χ1n) is 10.8. The maximum absolute atomic E-state index is 12.9. The molecule has 3 amide bonds. The molecule has 0 radical (unpaired) electrons. The first-order valence-corrected chi connectivity index (χ1v) is 12.3. The Kier molecular flexibility index (Phi) is 7.04. The number of fused-ring (bicyclic) bond motifs is 1. The molecule has 0 aliphatic carbocycles. The van der Waals surface area contributed by atoms with Gasteiger partial charge in [-0.05, 0) is 70.9 Å². The van der Waals surface area contributed by atoms with Gasteiger partial charge in [0, 0.05) is 18.7 Å². The molecule has 0 unspecified atom stereocenters. The van der Waals surface area contributed by atoms with E-state index in [9.17, 15) is 22.8 Å². The van der Waals surface area contributed by atoms with E-state index in [1.54, 1.807) is 45.0 Å². The SMILES string of the molecule is Cc1ccc(N2C(=O)c3ccc(NC(=O)CCCCNS(=O)(=O)C(C)(C)C)cc3C2=O)cc1. The normalized spacial score (nSPS) is 13.9. The van der Waals surface area contributed by atoms with Gasteiger partial charge in [0.1, 0.15) is 0 Å². The van der Waals surface area contributed by atoms with Crippen LogP contribution in [0.25, 0.3) is 0 Å². The Bertz CT molecular complexity index is 1180. The van der Waals surface area contributed by atoms with Gasteiger partial charge in [-0.3, -0.25) is 14.4 Å². The van der Waals surface area contributed by atoms with Crippen LogP contribution in [0.4, 0.5) is 11.4 Å². The van der Waals surface area contributed by atoms with Gasteiger partial charge in [-0.15, -0.1) is 0 Å². The topological polar surface area (TPSA) is 113 Å². The average molecular weight is 472 g/mol. The van der Waals surface area contributed by atoms with E-state index >= 15 is 0 Å². The van der Waals surface area contributed by atoms with Crippen molar-refractivity contribution in [3.8, 4) is 0 Å². The van der Waals surface area contributed by atoms with Gasteiger partial charge in [0.05, 0.1) is 21.6 Å². The fourth-order valence-electron chi connectivity index (χ4n) is 3.30. The molecule has 0 saturated heterocycles. The quantitative estimate of drug-likeness (QED) is 0.451. The number of aryl methyl sites for hydroxylation is 1. The Hall–Kier alpha value is -3.04. The number of rotatable bonds is 8. The molecule has 2 N–H and O–H groups in total. The summed E-state index contributed by atoms with van der Waals surface area (Å²) in [5, 5.41) is 2.74. The third-order valence-corrected chi connectivity index (χ3v) is 7.59. The van der Waals surface area contributed by atoms with Crippen molar-refractivity contribution in [2.75, 3.05) is 16.8 Å². The molecule has 3 rings (SSSR count). The average Bonchev–Trinajstić information content (AvgIpc) is 2.97. The summed E-state index contributed by atoms with van der Waals surface area (Å²) in [6.45, 7) is 7.05. The van der Waals surface area contributed by atoms with E-state index < -0.39 is 26.6 Å². The molecule has 0 spiro atoms. The molecule has 1 heterocycles. The fraction of sp³-hybridized carbons (Fsp3) is 0.375. The lowest BCUT2D eigenvalue weighted by atomic mass is 10.1. The summed E-state index contributed by atoms with van der Waals surface area (Å²) in [6.07, 6.45) is 1.23. The van der Waals surface area contributed by atoms with E-state index in [0.29, 0.717) is 29.8 Å². The van der Waals surface area contributed by atoms with Crippen LogP contribution in [0.1, 0.15) is 66.3 Å². The first-order chi connectivity index (χ1) is 15.4. The highest BCUT2D eigenvalue weighted by Crippen LogP contribution is 2.30. The van der Waals surface area contributed by atoms with E-state index in [1.807, 2.05) is 19.1 Å². The van der Waals surface area contributed by atoms with E-state index in [1.165, 1.54) is 6.07 Å². The van der Waals surface area contributed by atoms with Gasteiger partial charge < -0.3 is 5.32 Å². The lowest BCUT2D eigenvalue weighted by molar-refractivity contribution is -0.116. The molecule has 0 fully saturated rings. The number of benzene rings is 2. The van der Waals surface area contributed by atoms with Crippen molar-refractivity contribution < 1.29 is 22.8 Å². The molecule has 33 heavy (non-hydrogen) atoms. The summed E-state index contributed by atoms with van der Waals surface area (Å²) in [4.78, 5) is 39.0. The third-order valence-electron chi connectivity index (χ3n) is 5.39. The summed E-state index contributed by atoms with van der Waals surface area (Å²) in [7, 11) is -3.40. The third kappa shape index (κ3) is 5.48. The van der Waals surface area contributed by atoms with Gasteiger partial charge in [-0.2, -0.15) is 0 Å². The van der Waals surface area contributed by atoms with Gasteiger partial charge >= 0.3 is 0 Å². The van der Waals surface area contributed by atoms with E-state index in [4.69, 9.17) is 0 Å². The lowest BCUT2D eigenvalue weighted by Crippen LogP contribution is -2.39. The molecule has 0 saturated carbocycles. The number of carbonyl (C=O) groups excluding carboxylic acids is 3. The van der Waals surface area contributed by atoms with Crippen LogP contribution >= 0.6 is 0 Å². The van der Waals surface area contributed by atoms with E-state index in [-0.39, 0.29) is 24.4 Å². The monoisotopic (exact) mass is 471 g/mol. The number of hydrogen-bond acceptors (Lipinski definition) is 5. The first kappa shape index (κ1) is 24.6. The molecular formula is C24H29N3O5S. The smallest absolute Gasteiger partial charge is 0.266 e. The summed E-state index contributed by atoms with van der Waals surface area (Å²) < 4.78 is 25.7. The molecule has 1 aliphatic heterocycles. The molecule has 1 aliphatic rings. The molecular weight excluding hydrogens is 442 g/mol. The minimum absolute atomic E-state index is 0.205. The number of anilines is 2. The second-order valence-electron chi connectivity index (χ2n) is 9.06. The molecule has 176 valence electrons. The maximum atomic E-state index is 12.9. The van der Waals surface area contributed by atoms with Crippen molar-refractivity contribution in [2.24, 2.45) is 0 Å². The number of amides is 3.